The summed E-state index contributed by atoms with van der Waals surface area (Å²) < 4.78 is 1.74. The topological polar surface area (TPSA) is 63.1 Å². The van der Waals surface area contributed by atoms with Crippen LogP contribution in [0.3, 0.4) is 0 Å². The molecule has 6 nitrogen and oxygen atoms in total. The molecule has 7 heteroatoms. The molecule has 1 aliphatic rings. The first-order chi connectivity index (χ1) is 12.0. The minimum Gasteiger partial charge on any atom is -0.337 e. The smallest absolute Gasteiger partial charge is 0.274 e. The van der Waals surface area contributed by atoms with Crippen molar-refractivity contribution in [3.63, 3.8) is 0 Å². The summed E-state index contributed by atoms with van der Waals surface area (Å²) in [7, 11) is 1.94. The standard InChI is InChI=1S/C18H24ClN5O/c1-12-9-13(2)24(22-12)16-7-6-15(19)17(21-16)18(25)23-8-4-5-14(11-23)10-20-3/h6-7,9,14,20H,4-5,8,10-11H2,1-3H3/t14-/m0/s1. The number of aromatic nitrogens is 3. The molecule has 2 aromatic heterocycles. The van der Waals surface area contributed by atoms with Crippen LogP contribution in [0.5, 0.6) is 0 Å². The Kier molecular flexibility index (Phi) is 5.39. The van der Waals surface area contributed by atoms with Crippen LogP contribution in [-0.4, -0.2) is 52.3 Å². The van der Waals surface area contributed by atoms with Crippen molar-refractivity contribution in [2.24, 2.45) is 5.92 Å². The van der Waals surface area contributed by atoms with E-state index in [-0.39, 0.29) is 5.91 Å². The van der Waals surface area contributed by atoms with Crippen molar-refractivity contribution < 1.29 is 4.79 Å². The van der Waals surface area contributed by atoms with Gasteiger partial charge >= 0.3 is 0 Å². The quantitative estimate of drug-likeness (QED) is 0.909. The van der Waals surface area contributed by atoms with E-state index in [0.717, 1.165) is 43.9 Å². The molecule has 3 rings (SSSR count). The molecule has 1 amide bonds. The van der Waals surface area contributed by atoms with E-state index in [9.17, 15) is 4.79 Å². The van der Waals surface area contributed by atoms with Gasteiger partial charge in [-0.2, -0.15) is 5.10 Å². The maximum absolute atomic E-state index is 13.0. The Hall–Kier alpha value is -1.92. The lowest BCUT2D eigenvalue weighted by Gasteiger charge is -2.32. The SMILES string of the molecule is CNC[C@@H]1CCCN(C(=O)c2nc(-n3nc(C)cc3C)ccc2Cl)C1. The summed E-state index contributed by atoms with van der Waals surface area (Å²) in [4.78, 5) is 19.4. The van der Waals surface area contributed by atoms with Crippen LogP contribution >= 0.6 is 11.6 Å². The number of hydrogen-bond donors (Lipinski definition) is 1. The fourth-order valence-electron chi connectivity index (χ4n) is 3.42. The Morgan fingerprint density at radius 1 is 1.40 bits per heavy atom. The number of hydrogen-bond acceptors (Lipinski definition) is 4. The maximum Gasteiger partial charge on any atom is 0.274 e. The van der Waals surface area contributed by atoms with Gasteiger partial charge in [-0.05, 0) is 64.4 Å². The second-order valence-corrected chi connectivity index (χ2v) is 7.06. The summed E-state index contributed by atoms with van der Waals surface area (Å²) in [5, 5.41) is 8.01. The van der Waals surface area contributed by atoms with E-state index in [4.69, 9.17) is 11.6 Å². The van der Waals surface area contributed by atoms with Gasteiger partial charge in [-0.3, -0.25) is 4.79 Å². The molecule has 1 aliphatic heterocycles. The normalized spacial score (nSPS) is 17.8. The highest BCUT2D eigenvalue weighted by Crippen LogP contribution is 2.22. The highest BCUT2D eigenvalue weighted by atomic mass is 35.5. The third-order valence-corrected chi connectivity index (χ3v) is 4.86. The fourth-order valence-corrected chi connectivity index (χ4v) is 3.60. The molecular formula is C18H24ClN5O. The van der Waals surface area contributed by atoms with E-state index >= 15 is 0 Å². The molecule has 1 N–H and O–H groups in total. The summed E-state index contributed by atoms with van der Waals surface area (Å²) in [5.41, 5.74) is 2.18. The Morgan fingerprint density at radius 2 is 2.20 bits per heavy atom. The van der Waals surface area contributed by atoms with Crippen LogP contribution < -0.4 is 5.32 Å². The monoisotopic (exact) mass is 361 g/mol. The molecule has 0 unspecified atom stereocenters. The predicted octanol–water partition coefficient (Wildman–Crippen LogP) is 2.61. The number of piperidine rings is 1. The average Bonchev–Trinajstić information content (AvgIpc) is 2.94. The van der Waals surface area contributed by atoms with Gasteiger partial charge in [-0.25, -0.2) is 9.67 Å². The maximum atomic E-state index is 13.0. The molecule has 1 fully saturated rings. The first-order valence-corrected chi connectivity index (χ1v) is 9.01. The molecule has 0 radical (unpaired) electrons. The zero-order valence-corrected chi connectivity index (χ0v) is 15.7. The van der Waals surface area contributed by atoms with Gasteiger partial charge in [0, 0.05) is 18.8 Å². The van der Waals surface area contributed by atoms with Crippen LogP contribution in [0.2, 0.25) is 5.02 Å². The van der Waals surface area contributed by atoms with Crippen LogP contribution in [0.25, 0.3) is 5.82 Å². The van der Waals surface area contributed by atoms with E-state index in [0.29, 0.717) is 22.5 Å². The number of likely N-dealkylation sites (tertiary alicyclic amines) is 1. The second kappa shape index (κ2) is 7.54. The zero-order valence-electron chi connectivity index (χ0n) is 14.9. The van der Waals surface area contributed by atoms with Gasteiger partial charge in [0.25, 0.3) is 5.91 Å². The van der Waals surface area contributed by atoms with Crippen molar-refractivity contribution in [3.8, 4) is 5.82 Å². The van der Waals surface area contributed by atoms with Crippen molar-refractivity contribution in [3.05, 3.63) is 40.3 Å². The predicted molar refractivity (Wildman–Crippen MR) is 98.4 cm³/mol. The summed E-state index contributed by atoms with van der Waals surface area (Å²) in [6, 6.07) is 5.49. The van der Waals surface area contributed by atoms with Crippen molar-refractivity contribution in [2.75, 3.05) is 26.7 Å². The number of rotatable bonds is 4. The number of nitrogens with one attached hydrogen (secondary N) is 1. The molecule has 1 atom stereocenters. The number of nitrogens with zero attached hydrogens (tertiary/aromatic N) is 4. The Bertz CT molecular complexity index is 771. The lowest BCUT2D eigenvalue weighted by molar-refractivity contribution is 0.0668. The van der Waals surface area contributed by atoms with E-state index in [1.54, 1.807) is 16.8 Å². The van der Waals surface area contributed by atoms with Crippen molar-refractivity contribution in [1.29, 1.82) is 0 Å². The largest absolute Gasteiger partial charge is 0.337 e. The third-order valence-electron chi connectivity index (χ3n) is 4.56. The molecule has 0 bridgehead atoms. The van der Waals surface area contributed by atoms with Crippen molar-refractivity contribution in [1.82, 2.24) is 25.0 Å². The summed E-state index contributed by atoms with van der Waals surface area (Å²) >= 11 is 6.29. The Labute approximate surface area is 153 Å². The molecule has 25 heavy (non-hydrogen) atoms. The van der Waals surface area contributed by atoms with Crippen LogP contribution in [0.1, 0.15) is 34.7 Å². The number of aryl methyl sites for hydroxylation is 2. The number of carbonyl (C=O) groups is 1. The summed E-state index contributed by atoms with van der Waals surface area (Å²) in [6.45, 7) is 6.30. The van der Waals surface area contributed by atoms with Gasteiger partial charge in [0.05, 0.1) is 10.7 Å². The van der Waals surface area contributed by atoms with Gasteiger partial charge in [-0.15, -0.1) is 0 Å². The molecule has 0 aromatic carbocycles. The molecule has 134 valence electrons. The summed E-state index contributed by atoms with van der Waals surface area (Å²) in [6.07, 6.45) is 2.14. The molecule has 2 aromatic rings. The van der Waals surface area contributed by atoms with Gasteiger partial charge in [0.1, 0.15) is 5.69 Å². The molecule has 1 saturated heterocycles. The lowest BCUT2D eigenvalue weighted by atomic mass is 9.98. The molecule has 0 spiro atoms. The van der Waals surface area contributed by atoms with Crippen molar-refractivity contribution in [2.45, 2.75) is 26.7 Å². The average molecular weight is 362 g/mol. The van der Waals surface area contributed by atoms with Gasteiger partial charge in [-0.1, -0.05) is 11.6 Å². The molecule has 0 saturated carbocycles. The molecule has 0 aliphatic carbocycles. The van der Waals surface area contributed by atoms with E-state index in [1.165, 1.54) is 0 Å². The van der Waals surface area contributed by atoms with Crippen LogP contribution in [0.15, 0.2) is 18.2 Å². The summed E-state index contributed by atoms with van der Waals surface area (Å²) in [5.74, 6) is 0.983. The van der Waals surface area contributed by atoms with Gasteiger partial charge in [0.15, 0.2) is 5.82 Å². The van der Waals surface area contributed by atoms with Crippen LogP contribution in [0, 0.1) is 19.8 Å². The zero-order chi connectivity index (χ0) is 18.0. The van der Waals surface area contributed by atoms with E-state index < -0.39 is 0 Å². The fraction of sp³-hybridized carbons (Fsp3) is 0.500. The van der Waals surface area contributed by atoms with Crippen LogP contribution in [0.4, 0.5) is 0 Å². The van der Waals surface area contributed by atoms with Crippen LogP contribution in [-0.2, 0) is 0 Å². The second-order valence-electron chi connectivity index (χ2n) is 6.66. The molecular weight excluding hydrogens is 338 g/mol. The molecule has 3 heterocycles. The third kappa shape index (κ3) is 3.85. The highest BCUT2D eigenvalue weighted by Gasteiger charge is 2.26. The van der Waals surface area contributed by atoms with E-state index in [2.05, 4.69) is 15.4 Å². The Morgan fingerprint density at radius 3 is 2.88 bits per heavy atom. The number of pyridine rings is 1. The highest BCUT2D eigenvalue weighted by molar-refractivity contribution is 6.33. The lowest BCUT2D eigenvalue weighted by Crippen LogP contribution is -2.42. The minimum atomic E-state index is -0.103. The minimum absolute atomic E-state index is 0.103. The Balaban J connectivity index is 1.87. The van der Waals surface area contributed by atoms with Crippen molar-refractivity contribution >= 4 is 17.5 Å². The van der Waals surface area contributed by atoms with Gasteiger partial charge in [0.2, 0.25) is 0 Å². The number of halogens is 1. The number of amides is 1. The first-order valence-electron chi connectivity index (χ1n) is 8.63. The van der Waals surface area contributed by atoms with E-state index in [1.807, 2.05) is 31.9 Å². The number of carbonyl (C=O) groups excluding carboxylic acids is 1. The van der Waals surface area contributed by atoms with Gasteiger partial charge < -0.3 is 10.2 Å². The first kappa shape index (κ1) is 17.9.